The van der Waals surface area contributed by atoms with Crippen LogP contribution in [0.3, 0.4) is 0 Å². The molecule has 0 aliphatic carbocycles. The van der Waals surface area contributed by atoms with Crippen LogP contribution in [0, 0.1) is 0 Å². The summed E-state index contributed by atoms with van der Waals surface area (Å²) >= 11 is -0.424. The van der Waals surface area contributed by atoms with E-state index in [4.69, 9.17) is 0 Å². The van der Waals surface area contributed by atoms with Gasteiger partial charge in [0.05, 0.1) is 0 Å². The molecule has 0 radical (unpaired) electrons. The van der Waals surface area contributed by atoms with Crippen molar-refractivity contribution in [3.8, 4) is 0 Å². The van der Waals surface area contributed by atoms with Crippen LogP contribution in [0.15, 0.2) is 17.1 Å². The Balaban J connectivity index is 2.88. The van der Waals surface area contributed by atoms with E-state index in [1.165, 1.54) is 12.1 Å². The van der Waals surface area contributed by atoms with Gasteiger partial charge < -0.3 is 0 Å². The van der Waals surface area contributed by atoms with Gasteiger partial charge in [0.1, 0.15) is 0 Å². The predicted molar refractivity (Wildman–Crippen MR) is 33.8 cm³/mol. The second-order valence-corrected chi connectivity index (χ2v) is 3.79. The van der Waals surface area contributed by atoms with Crippen LogP contribution in [-0.2, 0) is 0 Å². The fourth-order valence-corrected chi connectivity index (χ4v) is 1.98. The van der Waals surface area contributed by atoms with Gasteiger partial charge in [-0.1, -0.05) is 0 Å². The minimum absolute atomic E-state index is 0.120. The number of halogens is 3. The maximum absolute atomic E-state index is 11.7. The predicted octanol–water partition coefficient (Wildman–Crippen LogP) is 1.49. The van der Waals surface area contributed by atoms with Crippen molar-refractivity contribution in [3.05, 3.63) is 21.5 Å². The van der Waals surface area contributed by atoms with Gasteiger partial charge in [-0.05, 0) is 0 Å². The van der Waals surface area contributed by atoms with E-state index in [0.717, 1.165) is 0 Å². The molecule has 0 aliphatic heterocycles. The zero-order valence-corrected chi connectivity index (χ0v) is 6.90. The zero-order valence-electron chi connectivity index (χ0n) is 5.18. The monoisotopic (exact) mass is 228 g/mol. The van der Waals surface area contributed by atoms with Gasteiger partial charge in [0.15, 0.2) is 0 Å². The first kappa shape index (κ1) is 8.56. The van der Waals surface area contributed by atoms with E-state index in [-0.39, 0.29) is 4.44 Å². The van der Waals surface area contributed by atoms with Crippen LogP contribution in [0.1, 0.15) is 9.23 Å². The molecule has 0 aromatic carbocycles. The molecule has 1 nitrogen and oxygen atoms in total. The van der Waals surface area contributed by atoms with E-state index in [1.807, 2.05) is 0 Å². The van der Waals surface area contributed by atoms with Crippen LogP contribution in [0.2, 0.25) is 0 Å². The Labute approximate surface area is 66.6 Å². The van der Waals surface area contributed by atoms with E-state index < -0.39 is 26.5 Å². The average molecular weight is 227 g/mol. The minimum atomic E-state index is -4.71. The third-order valence-electron chi connectivity index (χ3n) is 1.00. The van der Waals surface area contributed by atoms with E-state index in [0.29, 0.717) is 0 Å². The molecule has 0 saturated heterocycles. The molecule has 0 fully saturated rings. The van der Waals surface area contributed by atoms with Crippen molar-refractivity contribution in [3.63, 3.8) is 0 Å². The Morgan fingerprint density at radius 3 is 2.45 bits per heavy atom. The molecule has 5 heteroatoms. The van der Waals surface area contributed by atoms with E-state index >= 15 is 0 Å². The molecule has 1 aromatic heterocycles. The first-order valence-corrected chi connectivity index (χ1v) is 4.51. The molecule has 1 rings (SSSR count). The van der Waals surface area contributed by atoms with Crippen LogP contribution < -0.4 is 0 Å². The number of rotatable bonds is 1. The summed E-state index contributed by atoms with van der Waals surface area (Å²) in [6.45, 7) is 0. The first-order chi connectivity index (χ1) is 5.02. The molecule has 0 amide bonds. The molecular formula is C6H3F3OSe. The van der Waals surface area contributed by atoms with Gasteiger partial charge in [0, 0.05) is 0 Å². The van der Waals surface area contributed by atoms with E-state index in [2.05, 4.69) is 0 Å². The van der Waals surface area contributed by atoms with Crippen LogP contribution in [0.4, 0.5) is 13.2 Å². The van der Waals surface area contributed by atoms with Gasteiger partial charge in [-0.3, -0.25) is 0 Å². The summed E-state index contributed by atoms with van der Waals surface area (Å²) in [5.41, 5.74) is 0. The van der Waals surface area contributed by atoms with Crippen molar-refractivity contribution >= 4 is 20.3 Å². The number of carbonyl (C=O) groups is 1. The molecule has 0 atom stereocenters. The van der Waals surface area contributed by atoms with Gasteiger partial charge >= 0.3 is 65.9 Å². The molecule has 60 valence electrons. The second kappa shape index (κ2) is 2.83. The Kier molecular flexibility index (Phi) is 2.20. The fraction of sp³-hybridized carbons (Fsp3) is 0.167. The van der Waals surface area contributed by atoms with Crippen LogP contribution in [0.25, 0.3) is 0 Å². The van der Waals surface area contributed by atoms with Crippen molar-refractivity contribution in [1.29, 1.82) is 0 Å². The molecule has 0 unspecified atom stereocenters. The van der Waals surface area contributed by atoms with Crippen LogP contribution >= 0.6 is 0 Å². The summed E-state index contributed by atoms with van der Waals surface area (Å²) in [5, 5.41) is 0. The van der Waals surface area contributed by atoms with Gasteiger partial charge in [-0.25, -0.2) is 0 Å². The summed E-state index contributed by atoms with van der Waals surface area (Å²) in [6, 6.07) is 2.69. The van der Waals surface area contributed by atoms with Gasteiger partial charge in [-0.2, -0.15) is 0 Å². The van der Waals surface area contributed by atoms with Gasteiger partial charge in [0.25, 0.3) is 0 Å². The van der Waals surface area contributed by atoms with Crippen molar-refractivity contribution in [2.45, 2.75) is 6.18 Å². The summed E-state index contributed by atoms with van der Waals surface area (Å²) < 4.78 is 35.0. The van der Waals surface area contributed by atoms with Gasteiger partial charge in [-0.15, -0.1) is 0 Å². The SMILES string of the molecule is O=C(c1ccc[se]1)C(F)(F)F. The molecular weight excluding hydrogens is 224 g/mol. The Morgan fingerprint density at radius 2 is 2.09 bits per heavy atom. The van der Waals surface area contributed by atoms with Crippen molar-refractivity contribution in [2.75, 3.05) is 0 Å². The Bertz CT molecular complexity index is 249. The van der Waals surface area contributed by atoms with Crippen molar-refractivity contribution in [2.24, 2.45) is 0 Å². The normalized spacial score (nSPS) is 11.5. The maximum atomic E-state index is 11.7. The first-order valence-electron chi connectivity index (χ1n) is 2.67. The summed E-state index contributed by atoms with van der Waals surface area (Å²) in [7, 11) is 0. The standard InChI is InChI=1S/C6H3F3OSe/c7-6(8,9)5(10)4-2-1-3-11-4/h1-3H. The Morgan fingerprint density at radius 1 is 1.45 bits per heavy atom. The number of hydrogen-bond donors (Lipinski definition) is 0. The third kappa shape index (κ3) is 1.94. The van der Waals surface area contributed by atoms with E-state index in [1.54, 1.807) is 4.94 Å². The topological polar surface area (TPSA) is 17.1 Å². The van der Waals surface area contributed by atoms with Gasteiger partial charge in [0.2, 0.25) is 0 Å². The Hall–Kier alpha value is -0.541. The zero-order chi connectivity index (χ0) is 8.48. The summed E-state index contributed by atoms with van der Waals surface area (Å²) in [4.78, 5) is 12.0. The molecule has 1 heterocycles. The fourth-order valence-electron chi connectivity index (χ4n) is 0.547. The second-order valence-electron chi connectivity index (χ2n) is 1.80. The van der Waals surface area contributed by atoms with Crippen molar-refractivity contribution in [1.82, 2.24) is 0 Å². The van der Waals surface area contributed by atoms with Crippen LogP contribution in [-0.4, -0.2) is 26.5 Å². The number of carbonyl (C=O) groups excluding carboxylic acids is 1. The number of alkyl halides is 3. The third-order valence-corrected chi connectivity index (χ3v) is 2.82. The molecule has 1 aromatic rings. The molecule has 0 N–H and O–H groups in total. The van der Waals surface area contributed by atoms with E-state index in [9.17, 15) is 18.0 Å². The number of Topliss-reactive ketones (excluding diaryl/α,β-unsaturated/α-hetero) is 1. The van der Waals surface area contributed by atoms with Crippen LogP contribution in [0.5, 0.6) is 0 Å². The molecule has 0 saturated carbocycles. The molecule has 0 spiro atoms. The quantitative estimate of drug-likeness (QED) is 0.524. The number of hydrogen-bond acceptors (Lipinski definition) is 1. The van der Waals surface area contributed by atoms with Crippen molar-refractivity contribution < 1.29 is 18.0 Å². The molecule has 0 aliphatic rings. The molecule has 0 bridgehead atoms. The summed E-state index contributed by atoms with van der Waals surface area (Å²) in [5.74, 6) is -1.71. The number of ketones is 1. The average Bonchev–Trinajstić information content (AvgIpc) is 2.34. The molecule has 11 heavy (non-hydrogen) atoms. The summed E-state index contributed by atoms with van der Waals surface area (Å²) in [6.07, 6.45) is -4.71.